The highest BCUT2D eigenvalue weighted by atomic mass is 79.9. The average molecular weight is 301 g/mol. The third-order valence-corrected chi connectivity index (χ3v) is 3.53. The van der Waals surface area contributed by atoms with E-state index in [1.807, 2.05) is 6.07 Å². The molecule has 1 aromatic rings. The van der Waals surface area contributed by atoms with Crippen LogP contribution in [0, 0.1) is 0 Å². The van der Waals surface area contributed by atoms with Crippen molar-refractivity contribution in [1.29, 1.82) is 0 Å². The summed E-state index contributed by atoms with van der Waals surface area (Å²) in [6, 6.07) is 3.98. The molecule has 0 bridgehead atoms. The monoisotopic (exact) mass is 300 g/mol. The Morgan fingerprint density at radius 3 is 2.35 bits per heavy atom. The van der Waals surface area contributed by atoms with E-state index in [0.717, 1.165) is 47.8 Å². The fraction of sp³-hybridized carbons (Fsp3) is 0.500. The van der Waals surface area contributed by atoms with Crippen LogP contribution in [0.2, 0.25) is 0 Å². The van der Waals surface area contributed by atoms with Crippen molar-refractivity contribution < 1.29 is 9.47 Å². The van der Waals surface area contributed by atoms with E-state index in [1.165, 1.54) is 0 Å². The van der Waals surface area contributed by atoms with Crippen LogP contribution in [0.15, 0.2) is 16.6 Å². The van der Waals surface area contributed by atoms with Gasteiger partial charge in [-0.25, -0.2) is 0 Å². The number of hydrogen-bond acceptors (Lipinski definition) is 4. The van der Waals surface area contributed by atoms with E-state index in [0.29, 0.717) is 0 Å². The molecule has 94 valence electrons. The molecule has 1 N–H and O–H groups in total. The van der Waals surface area contributed by atoms with Crippen LogP contribution < -0.4 is 19.7 Å². The van der Waals surface area contributed by atoms with Gasteiger partial charge in [0.05, 0.1) is 24.4 Å². The van der Waals surface area contributed by atoms with E-state index in [1.54, 1.807) is 14.2 Å². The molecule has 1 aromatic carbocycles. The number of benzene rings is 1. The summed E-state index contributed by atoms with van der Waals surface area (Å²) >= 11 is 3.51. The van der Waals surface area contributed by atoms with Gasteiger partial charge in [-0.3, -0.25) is 0 Å². The van der Waals surface area contributed by atoms with Gasteiger partial charge < -0.3 is 19.7 Å². The first-order chi connectivity index (χ1) is 8.26. The van der Waals surface area contributed by atoms with Crippen molar-refractivity contribution in [2.75, 3.05) is 45.3 Å². The molecule has 0 amide bonds. The Labute approximate surface area is 110 Å². The van der Waals surface area contributed by atoms with Crippen LogP contribution >= 0.6 is 15.9 Å². The number of halogens is 1. The molecule has 0 aliphatic carbocycles. The molecular formula is C12H17BrN2O2. The number of hydrogen-bond donors (Lipinski definition) is 1. The lowest BCUT2D eigenvalue weighted by atomic mass is 10.2. The number of piperazine rings is 1. The molecule has 2 rings (SSSR count). The first-order valence-electron chi connectivity index (χ1n) is 5.63. The molecule has 5 heteroatoms. The van der Waals surface area contributed by atoms with Crippen LogP contribution in [0.5, 0.6) is 11.5 Å². The van der Waals surface area contributed by atoms with Crippen molar-refractivity contribution in [2.24, 2.45) is 0 Å². The number of rotatable bonds is 3. The molecular weight excluding hydrogens is 284 g/mol. The molecule has 4 nitrogen and oxygen atoms in total. The van der Waals surface area contributed by atoms with E-state index in [2.05, 4.69) is 32.2 Å². The Morgan fingerprint density at radius 2 is 1.76 bits per heavy atom. The van der Waals surface area contributed by atoms with Gasteiger partial charge in [-0.15, -0.1) is 0 Å². The zero-order valence-corrected chi connectivity index (χ0v) is 11.7. The van der Waals surface area contributed by atoms with Gasteiger partial charge in [-0.05, 0) is 22.0 Å². The number of methoxy groups -OCH3 is 2. The van der Waals surface area contributed by atoms with Gasteiger partial charge in [-0.2, -0.15) is 0 Å². The smallest absolute Gasteiger partial charge is 0.145 e. The molecule has 0 saturated carbocycles. The second kappa shape index (κ2) is 5.60. The predicted molar refractivity (Wildman–Crippen MR) is 72.3 cm³/mol. The van der Waals surface area contributed by atoms with E-state index in [-0.39, 0.29) is 0 Å². The zero-order chi connectivity index (χ0) is 12.3. The number of nitrogens with one attached hydrogen (secondary N) is 1. The largest absolute Gasteiger partial charge is 0.495 e. The third-order valence-electron chi connectivity index (χ3n) is 2.91. The average Bonchev–Trinajstić information content (AvgIpc) is 2.39. The number of ether oxygens (including phenoxy) is 2. The topological polar surface area (TPSA) is 33.7 Å². The fourth-order valence-electron chi connectivity index (χ4n) is 2.00. The molecule has 17 heavy (non-hydrogen) atoms. The highest BCUT2D eigenvalue weighted by Gasteiger charge is 2.17. The highest BCUT2D eigenvalue weighted by Crippen LogP contribution is 2.38. The van der Waals surface area contributed by atoms with Crippen LogP contribution in [-0.2, 0) is 0 Å². The van der Waals surface area contributed by atoms with Crippen LogP contribution in [0.4, 0.5) is 5.69 Å². The molecule has 1 saturated heterocycles. The van der Waals surface area contributed by atoms with E-state index < -0.39 is 0 Å². The van der Waals surface area contributed by atoms with Gasteiger partial charge in [0.15, 0.2) is 0 Å². The molecule has 1 aliphatic heterocycles. The van der Waals surface area contributed by atoms with Gasteiger partial charge in [0.25, 0.3) is 0 Å². The van der Waals surface area contributed by atoms with Crippen LogP contribution in [0.3, 0.4) is 0 Å². The highest BCUT2D eigenvalue weighted by molar-refractivity contribution is 9.10. The van der Waals surface area contributed by atoms with Crippen molar-refractivity contribution >= 4 is 21.6 Å². The molecule has 1 aliphatic rings. The number of anilines is 1. The standard InChI is InChI=1S/C12H17BrN2O2/c1-16-11-8-12(17-2)10(7-9(11)13)15-5-3-14-4-6-15/h7-8,14H,3-6H2,1-2H3. The molecule has 1 fully saturated rings. The van der Waals surface area contributed by atoms with Crippen LogP contribution in [-0.4, -0.2) is 40.4 Å². The first kappa shape index (κ1) is 12.5. The maximum absolute atomic E-state index is 5.43. The summed E-state index contributed by atoms with van der Waals surface area (Å²) in [6.07, 6.45) is 0. The fourth-order valence-corrected chi connectivity index (χ4v) is 2.49. The van der Waals surface area contributed by atoms with Crippen molar-refractivity contribution in [3.8, 4) is 11.5 Å². The second-order valence-corrected chi connectivity index (χ2v) is 4.75. The Morgan fingerprint density at radius 1 is 1.12 bits per heavy atom. The Balaban J connectivity index is 2.34. The van der Waals surface area contributed by atoms with Gasteiger partial charge in [0, 0.05) is 32.2 Å². The van der Waals surface area contributed by atoms with E-state index >= 15 is 0 Å². The minimum Gasteiger partial charge on any atom is -0.495 e. The van der Waals surface area contributed by atoms with Gasteiger partial charge in [-0.1, -0.05) is 0 Å². The zero-order valence-electron chi connectivity index (χ0n) is 10.1. The lowest BCUT2D eigenvalue weighted by Gasteiger charge is -2.31. The van der Waals surface area contributed by atoms with Gasteiger partial charge in [0.1, 0.15) is 11.5 Å². The Kier molecular flexibility index (Phi) is 4.12. The third kappa shape index (κ3) is 2.66. The maximum Gasteiger partial charge on any atom is 0.145 e. The second-order valence-electron chi connectivity index (χ2n) is 3.90. The number of nitrogens with zero attached hydrogens (tertiary/aromatic N) is 1. The van der Waals surface area contributed by atoms with Crippen molar-refractivity contribution in [2.45, 2.75) is 0 Å². The summed E-state index contributed by atoms with van der Waals surface area (Å²) < 4.78 is 11.7. The summed E-state index contributed by atoms with van der Waals surface area (Å²) in [4.78, 5) is 2.32. The van der Waals surface area contributed by atoms with Crippen molar-refractivity contribution in [3.63, 3.8) is 0 Å². The van der Waals surface area contributed by atoms with Crippen LogP contribution in [0.1, 0.15) is 0 Å². The molecule has 0 radical (unpaired) electrons. The van der Waals surface area contributed by atoms with Gasteiger partial charge >= 0.3 is 0 Å². The van der Waals surface area contributed by atoms with Crippen molar-refractivity contribution in [1.82, 2.24) is 5.32 Å². The molecule has 0 unspecified atom stereocenters. The van der Waals surface area contributed by atoms with E-state index in [4.69, 9.17) is 9.47 Å². The predicted octanol–water partition coefficient (Wildman–Crippen LogP) is 1.88. The Bertz CT molecular complexity index is 392. The maximum atomic E-state index is 5.43. The SMILES string of the molecule is COc1cc(OC)c(N2CCNCC2)cc1Br. The first-order valence-corrected chi connectivity index (χ1v) is 6.42. The molecule has 0 spiro atoms. The minimum absolute atomic E-state index is 0.792. The molecule has 0 aromatic heterocycles. The van der Waals surface area contributed by atoms with Crippen molar-refractivity contribution in [3.05, 3.63) is 16.6 Å². The minimum atomic E-state index is 0.792. The summed E-state index contributed by atoms with van der Waals surface area (Å²) in [6.45, 7) is 4.00. The molecule has 1 heterocycles. The lowest BCUT2D eigenvalue weighted by molar-refractivity contribution is 0.392. The van der Waals surface area contributed by atoms with E-state index in [9.17, 15) is 0 Å². The van der Waals surface area contributed by atoms with Gasteiger partial charge in [0.2, 0.25) is 0 Å². The Hall–Kier alpha value is -0.940. The lowest BCUT2D eigenvalue weighted by Crippen LogP contribution is -2.43. The quantitative estimate of drug-likeness (QED) is 0.924. The normalized spacial score (nSPS) is 15.8. The summed E-state index contributed by atoms with van der Waals surface area (Å²) in [5, 5.41) is 3.34. The summed E-state index contributed by atoms with van der Waals surface area (Å²) in [5.74, 6) is 1.65. The molecule has 0 atom stereocenters. The summed E-state index contributed by atoms with van der Waals surface area (Å²) in [7, 11) is 3.35. The van der Waals surface area contributed by atoms with Crippen LogP contribution in [0.25, 0.3) is 0 Å². The summed E-state index contributed by atoms with van der Waals surface area (Å²) in [5.41, 5.74) is 1.11.